The van der Waals surface area contributed by atoms with Crippen molar-refractivity contribution in [1.29, 1.82) is 0 Å². The summed E-state index contributed by atoms with van der Waals surface area (Å²) in [6.45, 7) is 3.95. The van der Waals surface area contributed by atoms with Gasteiger partial charge in [0.25, 0.3) is 5.91 Å². The molecule has 3 rings (SSSR count). The summed E-state index contributed by atoms with van der Waals surface area (Å²) in [5, 5.41) is 2.71. The van der Waals surface area contributed by atoms with Crippen LogP contribution in [0.4, 0.5) is 11.4 Å². The molecule has 2 aromatic carbocycles. The van der Waals surface area contributed by atoms with Crippen LogP contribution in [0.5, 0.6) is 0 Å². The molecule has 0 spiro atoms. The van der Waals surface area contributed by atoms with Gasteiger partial charge in [-0.3, -0.25) is 14.4 Å². The summed E-state index contributed by atoms with van der Waals surface area (Å²) in [4.78, 5) is 38.8. The van der Waals surface area contributed by atoms with Crippen molar-refractivity contribution >= 4 is 29.2 Å². The SMILES string of the molecule is CCCCc1ccc(N2C[C@@H](C(=O)O[C@H](C)C(=O)Nc3ccccc3)CC2=O)cc1. The first-order valence-electron chi connectivity index (χ1n) is 10.4. The predicted octanol–water partition coefficient (Wildman–Crippen LogP) is 3.95. The molecule has 30 heavy (non-hydrogen) atoms. The summed E-state index contributed by atoms with van der Waals surface area (Å²) < 4.78 is 5.33. The average Bonchev–Trinajstić information content (AvgIpc) is 3.15. The van der Waals surface area contributed by atoms with Gasteiger partial charge in [0.15, 0.2) is 6.10 Å². The van der Waals surface area contributed by atoms with E-state index in [-0.39, 0.29) is 18.9 Å². The van der Waals surface area contributed by atoms with Gasteiger partial charge in [0.1, 0.15) is 0 Å². The van der Waals surface area contributed by atoms with E-state index >= 15 is 0 Å². The van der Waals surface area contributed by atoms with Crippen LogP contribution in [0.25, 0.3) is 0 Å². The number of carbonyl (C=O) groups is 3. The number of hydrogen-bond acceptors (Lipinski definition) is 4. The third-order valence-electron chi connectivity index (χ3n) is 5.23. The molecule has 0 bridgehead atoms. The minimum absolute atomic E-state index is 0.0867. The number of amides is 2. The Balaban J connectivity index is 1.54. The minimum Gasteiger partial charge on any atom is -0.452 e. The van der Waals surface area contributed by atoms with Crippen LogP contribution in [0, 0.1) is 5.92 Å². The fourth-order valence-electron chi connectivity index (χ4n) is 3.43. The number of hydrogen-bond donors (Lipinski definition) is 1. The van der Waals surface area contributed by atoms with Crippen LogP contribution < -0.4 is 10.2 Å². The number of unbranched alkanes of at least 4 members (excludes halogenated alkanes) is 1. The van der Waals surface area contributed by atoms with Crippen LogP contribution in [-0.4, -0.2) is 30.4 Å². The zero-order chi connectivity index (χ0) is 21.5. The number of aryl methyl sites for hydroxylation is 1. The Kier molecular flexibility index (Phi) is 7.22. The number of nitrogens with one attached hydrogen (secondary N) is 1. The van der Waals surface area contributed by atoms with E-state index < -0.39 is 23.9 Å². The highest BCUT2D eigenvalue weighted by molar-refractivity contribution is 6.00. The van der Waals surface area contributed by atoms with E-state index in [0.717, 1.165) is 24.9 Å². The Bertz CT molecular complexity index is 880. The van der Waals surface area contributed by atoms with Gasteiger partial charge in [0.05, 0.1) is 5.92 Å². The second kappa shape index (κ2) is 10.1. The topological polar surface area (TPSA) is 75.7 Å². The van der Waals surface area contributed by atoms with Crippen LogP contribution in [0.2, 0.25) is 0 Å². The van der Waals surface area contributed by atoms with Crippen molar-refractivity contribution in [3.8, 4) is 0 Å². The van der Waals surface area contributed by atoms with Gasteiger partial charge in [-0.2, -0.15) is 0 Å². The molecule has 2 aromatic rings. The van der Waals surface area contributed by atoms with Crippen LogP contribution in [0.3, 0.4) is 0 Å². The second-order valence-corrected chi connectivity index (χ2v) is 7.61. The Hall–Kier alpha value is -3.15. The van der Waals surface area contributed by atoms with E-state index in [1.165, 1.54) is 12.5 Å². The average molecular weight is 408 g/mol. The molecule has 1 saturated heterocycles. The third-order valence-corrected chi connectivity index (χ3v) is 5.23. The van der Waals surface area contributed by atoms with Crippen molar-refractivity contribution in [2.75, 3.05) is 16.8 Å². The standard InChI is InChI=1S/C24H28N2O4/c1-3-4-8-18-11-13-21(14-12-18)26-16-19(15-22(26)27)24(29)30-17(2)23(28)25-20-9-6-5-7-10-20/h5-7,9-14,17,19H,3-4,8,15-16H2,1-2H3,(H,25,28)/t17-,19+/m1/s1. The molecule has 6 heteroatoms. The lowest BCUT2D eigenvalue weighted by Gasteiger charge is -2.18. The Labute approximate surface area is 177 Å². The number of benzene rings is 2. The second-order valence-electron chi connectivity index (χ2n) is 7.61. The maximum Gasteiger partial charge on any atom is 0.312 e. The molecule has 0 aromatic heterocycles. The molecule has 0 radical (unpaired) electrons. The molecule has 158 valence electrons. The van der Waals surface area contributed by atoms with Crippen LogP contribution in [0.1, 0.15) is 38.7 Å². The van der Waals surface area contributed by atoms with Crippen molar-refractivity contribution in [3.63, 3.8) is 0 Å². The zero-order valence-electron chi connectivity index (χ0n) is 17.5. The Morgan fingerprint density at radius 1 is 1.13 bits per heavy atom. The number of nitrogens with zero attached hydrogens (tertiary/aromatic N) is 1. The van der Waals surface area contributed by atoms with Crippen molar-refractivity contribution in [2.45, 2.75) is 45.6 Å². The smallest absolute Gasteiger partial charge is 0.312 e. The maximum absolute atomic E-state index is 12.5. The predicted molar refractivity (Wildman–Crippen MR) is 116 cm³/mol. The highest BCUT2D eigenvalue weighted by Gasteiger charge is 2.37. The first-order chi connectivity index (χ1) is 14.5. The summed E-state index contributed by atoms with van der Waals surface area (Å²) >= 11 is 0. The monoisotopic (exact) mass is 408 g/mol. The number of rotatable bonds is 8. The van der Waals surface area contributed by atoms with Gasteiger partial charge in [-0.25, -0.2) is 0 Å². The summed E-state index contributed by atoms with van der Waals surface area (Å²) in [6, 6.07) is 16.9. The molecular weight excluding hydrogens is 380 g/mol. The lowest BCUT2D eigenvalue weighted by atomic mass is 10.1. The minimum atomic E-state index is -0.945. The normalized spacial score (nSPS) is 16.9. The lowest BCUT2D eigenvalue weighted by Crippen LogP contribution is -2.33. The Morgan fingerprint density at radius 2 is 1.83 bits per heavy atom. The van der Waals surface area contributed by atoms with E-state index in [2.05, 4.69) is 12.2 Å². The number of esters is 1. The van der Waals surface area contributed by atoms with Crippen molar-refractivity contribution in [3.05, 3.63) is 60.2 Å². The largest absolute Gasteiger partial charge is 0.452 e. The summed E-state index contributed by atoms with van der Waals surface area (Å²) in [5.41, 5.74) is 2.65. The van der Waals surface area contributed by atoms with Crippen LogP contribution in [0.15, 0.2) is 54.6 Å². The molecule has 0 saturated carbocycles. The van der Waals surface area contributed by atoms with Crippen molar-refractivity contribution in [2.24, 2.45) is 5.92 Å². The molecule has 2 amide bonds. The quantitative estimate of drug-likeness (QED) is 0.671. The first-order valence-corrected chi connectivity index (χ1v) is 10.4. The molecule has 0 unspecified atom stereocenters. The summed E-state index contributed by atoms with van der Waals surface area (Å²) in [5.74, 6) is -1.62. The highest BCUT2D eigenvalue weighted by Crippen LogP contribution is 2.27. The van der Waals surface area contributed by atoms with E-state index in [0.29, 0.717) is 5.69 Å². The van der Waals surface area contributed by atoms with Gasteiger partial charge in [0.2, 0.25) is 5.91 Å². The van der Waals surface area contributed by atoms with E-state index in [9.17, 15) is 14.4 Å². The van der Waals surface area contributed by atoms with E-state index in [1.807, 2.05) is 30.3 Å². The van der Waals surface area contributed by atoms with E-state index in [1.54, 1.807) is 29.2 Å². The lowest BCUT2D eigenvalue weighted by molar-refractivity contribution is -0.157. The Morgan fingerprint density at radius 3 is 2.50 bits per heavy atom. The fourth-order valence-corrected chi connectivity index (χ4v) is 3.43. The van der Waals surface area contributed by atoms with Gasteiger partial charge in [0, 0.05) is 24.3 Å². The van der Waals surface area contributed by atoms with Crippen molar-refractivity contribution in [1.82, 2.24) is 0 Å². The zero-order valence-corrected chi connectivity index (χ0v) is 17.5. The molecular formula is C24H28N2O4. The fraction of sp³-hybridized carbons (Fsp3) is 0.375. The number of anilines is 2. The summed E-state index contributed by atoms with van der Waals surface area (Å²) in [7, 11) is 0. The third kappa shape index (κ3) is 5.47. The highest BCUT2D eigenvalue weighted by atomic mass is 16.5. The molecule has 1 heterocycles. The molecule has 1 aliphatic heterocycles. The van der Waals surface area contributed by atoms with E-state index in [4.69, 9.17) is 4.74 Å². The van der Waals surface area contributed by atoms with Gasteiger partial charge in [-0.1, -0.05) is 43.7 Å². The number of para-hydroxylation sites is 1. The number of ether oxygens (including phenoxy) is 1. The van der Waals surface area contributed by atoms with Gasteiger partial charge >= 0.3 is 5.97 Å². The molecule has 6 nitrogen and oxygen atoms in total. The van der Waals surface area contributed by atoms with Crippen molar-refractivity contribution < 1.29 is 19.1 Å². The van der Waals surface area contributed by atoms with Crippen LogP contribution >= 0.6 is 0 Å². The number of carbonyl (C=O) groups excluding carboxylic acids is 3. The molecule has 2 atom stereocenters. The first kappa shape index (κ1) is 21.6. The van der Waals surface area contributed by atoms with Gasteiger partial charge in [-0.05, 0) is 49.6 Å². The van der Waals surface area contributed by atoms with Gasteiger partial charge < -0.3 is 15.0 Å². The maximum atomic E-state index is 12.5. The summed E-state index contributed by atoms with van der Waals surface area (Å²) in [6.07, 6.45) is 2.43. The molecule has 1 fully saturated rings. The van der Waals surface area contributed by atoms with Crippen LogP contribution in [-0.2, 0) is 25.5 Å². The molecule has 0 aliphatic carbocycles. The molecule has 1 aliphatic rings. The molecule has 1 N–H and O–H groups in total. The van der Waals surface area contributed by atoms with Gasteiger partial charge in [-0.15, -0.1) is 0 Å².